The first kappa shape index (κ1) is 19.0. The Hall–Kier alpha value is -2.37. The second kappa shape index (κ2) is 7.22. The van der Waals surface area contributed by atoms with Gasteiger partial charge in [0, 0.05) is 30.9 Å². The lowest BCUT2D eigenvalue weighted by molar-refractivity contribution is 0.0714. The molecule has 3 heterocycles. The van der Waals surface area contributed by atoms with Crippen LogP contribution < -0.4 is 5.32 Å². The molecule has 2 saturated heterocycles. The lowest BCUT2D eigenvalue weighted by Crippen LogP contribution is -2.34. The Morgan fingerprint density at radius 2 is 2.00 bits per heavy atom. The van der Waals surface area contributed by atoms with E-state index in [-0.39, 0.29) is 30.2 Å². The Bertz CT molecular complexity index is 1030. The van der Waals surface area contributed by atoms with Crippen molar-refractivity contribution in [2.45, 2.75) is 13.0 Å². The van der Waals surface area contributed by atoms with Crippen molar-refractivity contribution in [2.24, 2.45) is 11.8 Å². The first-order chi connectivity index (χ1) is 13.1. The summed E-state index contributed by atoms with van der Waals surface area (Å²) in [6.45, 7) is 4.30. The standard InChI is InChI=1S/C22H21FN2O2.ClH/c1-13-8-15-5-3-7-18(21(15)27-13)22(26)25-12-16-10-24-11-19(16)20(25)14-4-2-6-17(23)9-14;/h2-9,16,19-20,24H,10-12H2,1H3;1H/t16-,19-,20-;/m0./s1. The molecule has 146 valence electrons. The molecule has 1 aromatic heterocycles. The van der Waals surface area contributed by atoms with Gasteiger partial charge in [0.15, 0.2) is 0 Å². The fraction of sp³-hybridized carbons (Fsp3) is 0.318. The minimum atomic E-state index is -0.266. The van der Waals surface area contributed by atoms with Crippen LogP contribution in [0.1, 0.15) is 27.7 Å². The number of aryl methyl sites for hydroxylation is 1. The van der Waals surface area contributed by atoms with E-state index in [0.29, 0.717) is 29.5 Å². The maximum absolute atomic E-state index is 13.9. The maximum atomic E-state index is 13.9. The van der Waals surface area contributed by atoms with Gasteiger partial charge in [0.25, 0.3) is 5.91 Å². The summed E-state index contributed by atoms with van der Waals surface area (Å²) in [4.78, 5) is 15.4. The first-order valence-corrected chi connectivity index (χ1v) is 9.38. The number of para-hydroxylation sites is 1. The number of nitrogens with one attached hydrogen (secondary N) is 1. The first-order valence-electron chi connectivity index (χ1n) is 9.38. The number of nitrogens with zero attached hydrogens (tertiary/aromatic N) is 1. The van der Waals surface area contributed by atoms with E-state index in [1.54, 1.807) is 12.1 Å². The molecular weight excluding hydrogens is 379 g/mol. The molecule has 5 rings (SSSR count). The number of fused-ring (bicyclic) bond motifs is 2. The Labute approximate surface area is 169 Å². The summed E-state index contributed by atoms with van der Waals surface area (Å²) in [5.41, 5.74) is 2.07. The van der Waals surface area contributed by atoms with E-state index in [2.05, 4.69) is 5.32 Å². The van der Waals surface area contributed by atoms with Crippen LogP contribution in [-0.4, -0.2) is 30.4 Å². The number of carbonyl (C=O) groups is 1. The normalized spacial score (nSPS) is 23.6. The third-order valence-electron chi connectivity index (χ3n) is 5.91. The van der Waals surface area contributed by atoms with Gasteiger partial charge in [-0.05, 0) is 42.7 Å². The largest absolute Gasteiger partial charge is 0.461 e. The van der Waals surface area contributed by atoms with Gasteiger partial charge < -0.3 is 14.6 Å². The van der Waals surface area contributed by atoms with E-state index in [4.69, 9.17) is 4.42 Å². The summed E-state index contributed by atoms with van der Waals surface area (Å²) < 4.78 is 19.7. The molecule has 28 heavy (non-hydrogen) atoms. The van der Waals surface area contributed by atoms with Crippen LogP contribution in [-0.2, 0) is 0 Å². The molecule has 1 amide bonds. The summed E-state index contributed by atoms with van der Waals surface area (Å²) >= 11 is 0. The minimum absolute atomic E-state index is 0. The van der Waals surface area contributed by atoms with Crippen LogP contribution >= 0.6 is 12.4 Å². The topological polar surface area (TPSA) is 45.5 Å². The van der Waals surface area contributed by atoms with Gasteiger partial charge in [-0.2, -0.15) is 0 Å². The highest BCUT2D eigenvalue weighted by molar-refractivity contribution is 6.05. The number of halogens is 2. The van der Waals surface area contributed by atoms with E-state index in [9.17, 15) is 9.18 Å². The van der Waals surface area contributed by atoms with Gasteiger partial charge in [0.05, 0.1) is 11.6 Å². The zero-order valence-electron chi connectivity index (χ0n) is 15.5. The van der Waals surface area contributed by atoms with Crippen LogP contribution in [0.25, 0.3) is 11.0 Å². The molecule has 2 aliphatic rings. The zero-order chi connectivity index (χ0) is 18.5. The fourth-order valence-corrected chi connectivity index (χ4v) is 4.76. The minimum Gasteiger partial charge on any atom is -0.461 e. The quantitative estimate of drug-likeness (QED) is 0.696. The molecule has 0 spiro atoms. The highest BCUT2D eigenvalue weighted by Gasteiger charge is 2.47. The lowest BCUT2D eigenvalue weighted by Gasteiger charge is -2.28. The summed E-state index contributed by atoms with van der Waals surface area (Å²) in [6, 6.07) is 14.1. The fourth-order valence-electron chi connectivity index (χ4n) is 4.76. The van der Waals surface area contributed by atoms with Crippen molar-refractivity contribution in [3.63, 3.8) is 0 Å². The van der Waals surface area contributed by atoms with Crippen LogP contribution in [0, 0.1) is 24.6 Å². The second-order valence-corrected chi connectivity index (χ2v) is 7.62. The van der Waals surface area contributed by atoms with Crippen LogP contribution in [0.5, 0.6) is 0 Å². The number of rotatable bonds is 2. The average molecular weight is 401 g/mol. The molecule has 2 aromatic carbocycles. The van der Waals surface area contributed by atoms with E-state index < -0.39 is 0 Å². The molecule has 2 aliphatic heterocycles. The number of carbonyl (C=O) groups excluding carboxylic acids is 1. The number of hydrogen-bond acceptors (Lipinski definition) is 3. The van der Waals surface area contributed by atoms with Crippen molar-refractivity contribution >= 4 is 29.3 Å². The van der Waals surface area contributed by atoms with Crippen LogP contribution in [0.3, 0.4) is 0 Å². The Balaban J connectivity index is 0.00000192. The number of benzene rings is 2. The van der Waals surface area contributed by atoms with Crippen LogP contribution in [0.4, 0.5) is 4.39 Å². The van der Waals surface area contributed by atoms with Crippen molar-refractivity contribution in [3.8, 4) is 0 Å². The summed E-state index contributed by atoms with van der Waals surface area (Å²) in [6.07, 6.45) is 0. The SMILES string of the molecule is Cc1cc2cccc(C(=O)N3C[C@@H]4CNC[C@@H]4[C@@H]3c3cccc(F)c3)c2o1.Cl. The third-order valence-corrected chi connectivity index (χ3v) is 5.91. The number of hydrogen-bond donors (Lipinski definition) is 1. The number of likely N-dealkylation sites (tertiary alicyclic amines) is 1. The van der Waals surface area contributed by atoms with Crippen molar-refractivity contribution < 1.29 is 13.6 Å². The van der Waals surface area contributed by atoms with Gasteiger partial charge in [-0.3, -0.25) is 4.79 Å². The molecular formula is C22H22ClFN2O2. The van der Waals surface area contributed by atoms with Gasteiger partial charge in [-0.15, -0.1) is 12.4 Å². The molecule has 3 atom stereocenters. The number of furan rings is 1. The van der Waals surface area contributed by atoms with Gasteiger partial charge in [0.1, 0.15) is 17.2 Å². The lowest BCUT2D eigenvalue weighted by atomic mass is 9.89. The van der Waals surface area contributed by atoms with E-state index in [0.717, 1.165) is 29.8 Å². The Kier molecular flexibility index (Phi) is 4.89. The highest BCUT2D eigenvalue weighted by atomic mass is 35.5. The zero-order valence-corrected chi connectivity index (χ0v) is 16.3. The maximum Gasteiger partial charge on any atom is 0.258 e. The Morgan fingerprint density at radius 3 is 2.82 bits per heavy atom. The van der Waals surface area contributed by atoms with E-state index in [1.165, 1.54) is 6.07 Å². The van der Waals surface area contributed by atoms with Gasteiger partial charge >= 0.3 is 0 Å². The van der Waals surface area contributed by atoms with Crippen molar-refractivity contribution in [1.82, 2.24) is 10.2 Å². The molecule has 0 radical (unpaired) electrons. The highest BCUT2D eigenvalue weighted by Crippen LogP contribution is 2.43. The van der Waals surface area contributed by atoms with E-state index in [1.807, 2.05) is 42.2 Å². The van der Waals surface area contributed by atoms with Crippen LogP contribution in [0.2, 0.25) is 0 Å². The molecule has 6 heteroatoms. The van der Waals surface area contributed by atoms with Gasteiger partial charge in [-0.25, -0.2) is 4.39 Å². The summed E-state index contributed by atoms with van der Waals surface area (Å²) in [7, 11) is 0. The smallest absolute Gasteiger partial charge is 0.258 e. The Morgan fingerprint density at radius 1 is 1.18 bits per heavy atom. The second-order valence-electron chi connectivity index (χ2n) is 7.62. The average Bonchev–Trinajstić information content (AvgIpc) is 3.33. The predicted octanol–water partition coefficient (Wildman–Crippen LogP) is 4.33. The molecule has 0 bridgehead atoms. The summed E-state index contributed by atoms with van der Waals surface area (Å²) in [5, 5.41) is 4.35. The van der Waals surface area contributed by atoms with Gasteiger partial charge in [0.2, 0.25) is 0 Å². The molecule has 3 aromatic rings. The van der Waals surface area contributed by atoms with Crippen LogP contribution in [0.15, 0.2) is 52.9 Å². The van der Waals surface area contributed by atoms with Crippen molar-refractivity contribution in [2.75, 3.05) is 19.6 Å². The predicted molar refractivity (Wildman–Crippen MR) is 108 cm³/mol. The van der Waals surface area contributed by atoms with Gasteiger partial charge in [-0.1, -0.05) is 24.3 Å². The molecule has 1 N–H and O–H groups in total. The number of amides is 1. The summed E-state index contributed by atoms with van der Waals surface area (Å²) in [5.74, 6) is 1.17. The molecule has 0 unspecified atom stereocenters. The molecule has 0 aliphatic carbocycles. The van der Waals surface area contributed by atoms with Crippen molar-refractivity contribution in [1.29, 1.82) is 0 Å². The third kappa shape index (κ3) is 2.99. The van der Waals surface area contributed by atoms with Crippen molar-refractivity contribution in [3.05, 3.63) is 71.2 Å². The molecule has 4 nitrogen and oxygen atoms in total. The van der Waals surface area contributed by atoms with E-state index >= 15 is 0 Å². The molecule has 2 fully saturated rings. The monoisotopic (exact) mass is 400 g/mol. The molecule has 0 saturated carbocycles.